The minimum absolute atomic E-state index is 0.267. The van der Waals surface area contributed by atoms with E-state index in [1.807, 2.05) is 13.0 Å². The van der Waals surface area contributed by atoms with E-state index in [1.54, 1.807) is 6.33 Å². The molecule has 2 aromatic rings. The largest absolute Gasteiger partial charge is 0.361 e. The summed E-state index contributed by atoms with van der Waals surface area (Å²) in [5.41, 5.74) is 3.50. The van der Waals surface area contributed by atoms with E-state index < -0.39 is 0 Å². The van der Waals surface area contributed by atoms with Gasteiger partial charge in [-0.2, -0.15) is 0 Å². The molecule has 2 aromatic heterocycles. The smallest absolute Gasteiger partial charge is 0.137 e. The van der Waals surface area contributed by atoms with E-state index in [0.717, 1.165) is 56.2 Å². The Morgan fingerprint density at radius 2 is 2.18 bits per heavy atom. The number of nitrogens with zero attached hydrogens (tertiary/aromatic N) is 5. The van der Waals surface area contributed by atoms with Gasteiger partial charge in [-0.25, -0.2) is 9.97 Å². The van der Waals surface area contributed by atoms with Crippen molar-refractivity contribution in [2.75, 3.05) is 25.0 Å². The van der Waals surface area contributed by atoms with Crippen molar-refractivity contribution in [1.29, 1.82) is 0 Å². The molecule has 0 saturated carbocycles. The maximum absolute atomic E-state index is 5.27. The van der Waals surface area contributed by atoms with Crippen molar-refractivity contribution < 1.29 is 4.52 Å². The summed E-state index contributed by atoms with van der Waals surface area (Å²) in [6.07, 6.45) is 4.97. The maximum Gasteiger partial charge on any atom is 0.137 e. The molecule has 0 radical (unpaired) electrons. The summed E-state index contributed by atoms with van der Waals surface area (Å²) in [5, 5.41) is 4.23. The number of anilines is 1. The fraction of sp³-hybridized carbons (Fsp3) is 0.562. The molecule has 0 spiro atoms. The Morgan fingerprint density at radius 3 is 3.00 bits per heavy atom. The average Bonchev–Trinajstić information content (AvgIpc) is 3.15. The highest BCUT2D eigenvalue weighted by Gasteiger charge is 2.32. The lowest BCUT2D eigenvalue weighted by molar-refractivity contribution is 0.309. The summed E-state index contributed by atoms with van der Waals surface area (Å²) in [4.78, 5) is 13.8. The normalized spacial score (nSPS) is 22.1. The SMILES string of the molecule is Cc1cc([C@H]2CCCN2c2ncnc3c2CN(C)CC3)no1. The van der Waals surface area contributed by atoms with Crippen molar-refractivity contribution in [2.24, 2.45) is 0 Å². The Bertz CT molecular complexity index is 683. The minimum atomic E-state index is 0.267. The number of rotatable bonds is 2. The van der Waals surface area contributed by atoms with E-state index in [1.165, 1.54) is 11.3 Å². The second kappa shape index (κ2) is 5.35. The molecule has 1 fully saturated rings. The monoisotopic (exact) mass is 299 g/mol. The van der Waals surface area contributed by atoms with Crippen LogP contribution in [-0.4, -0.2) is 40.2 Å². The Balaban J connectivity index is 1.72. The van der Waals surface area contributed by atoms with Gasteiger partial charge in [0.1, 0.15) is 23.6 Å². The molecule has 0 N–H and O–H groups in total. The van der Waals surface area contributed by atoms with Crippen LogP contribution < -0.4 is 4.90 Å². The molecule has 4 heterocycles. The minimum Gasteiger partial charge on any atom is -0.361 e. The average molecular weight is 299 g/mol. The Morgan fingerprint density at radius 1 is 1.27 bits per heavy atom. The zero-order valence-electron chi connectivity index (χ0n) is 13.1. The van der Waals surface area contributed by atoms with Gasteiger partial charge in [0.2, 0.25) is 0 Å². The van der Waals surface area contributed by atoms with Crippen LogP contribution in [0.25, 0.3) is 0 Å². The third-order valence-corrected chi connectivity index (χ3v) is 4.68. The molecule has 1 saturated heterocycles. The van der Waals surface area contributed by atoms with Gasteiger partial charge in [0.15, 0.2) is 0 Å². The van der Waals surface area contributed by atoms with Crippen LogP contribution in [-0.2, 0) is 13.0 Å². The predicted octanol–water partition coefficient (Wildman–Crippen LogP) is 2.10. The summed E-state index contributed by atoms with van der Waals surface area (Å²) in [5.74, 6) is 1.95. The third kappa shape index (κ3) is 2.27. The molecule has 0 aliphatic carbocycles. The molecule has 2 aliphatic rings. The summed E-state index contributed by atoms with van der Waals surface area (Å²) < 4.78 is 5.27. The van der Waals surface area contributed by atoms with Crippen molar-refractivity contribution in [3.8, 4) is 0 Å². The second-order valence-corrected chi connectivity index (χ2v) is 6.32. The van der Waals surface area contributed by atoms with Crippen LogP contribution in [0.1, 0.15) is 41.6 Å². The molecule has 0 unspecified atom stereocenters. The Hall–Kier alpha value is -1.95. The highest BCUT2D eigenvalue weighted by Crippen LogP contribution is 2.37. The summed E-state index contributed by atoms with van der Waals surface area (Å²) in [7, 11) is 2.15. The molecular weight excluding hydrogens is 278 g/mol. The van der Waals surface area contributed by atoms with Crippen LogP contribution in [0, 0.1) is 6.92 Å². The number of aromatic nitrogens is 3. The zero-order valence-corrected chi connectivity index (χ0v) is 13.1. The van der Waals surface area contributed by atoms with Crippen molar-refractivity contribution >= 4 is 5.82 Å². The molecule has 0 bridgehead atoms. The van der Waals surface area contributed by atoms with Gasteiger partial charge in [0.25, 0.3) is 0 Å². The van der Waals surface area contributed by atoms with Gasteiger partial charge in [-0.3, -0.25) is 0 Å². The maximum atomic E-state index is 5.27. The van der Waals surface area contributed by atoms with Gasteiger partial charge < -0.3 is 14.3 Å². The standard InChI is InChI=1S/C16H21N5O/c1-11-8-14(19-22-11)15-4-3-6-21(15)16-12-9-20(2)7-5-13(12)17-10-18-16/h8,10,15H,3-7,9H2,1-2H3/t15-/m1/s1. The van der Waals surface area contributed by atoms with E-state index in [4.69, 9.17) is 4.52 Å². The van der Waals surface area contributed by atoms with Gasteiger partial charge in [0.05, 0.1) is 11.7 Å². The molecule has 6 heteroatoms. The van der Waals surface area contributed by atoms with Crippen molar-refractivity contribution in [3.63, 3.8) is 0 Å². The molecule has 4 rings (SSSR count). The van der Waals surface area contributed by atoms with Gasteiger partial charge in [-0.1, -0.05) is 5.16 Å². The molecule has 1 atom stereocenters. The van der Waals surface area contributed by atoms with Crippen molar-refractivity contribution in [2.45, 2.75) is 38.8 Å². The van der Waals surface area contributed by atoms with E-state index in [-0.39, 0.29) is 6.04 Å². The van der Waals surface area contributed by atoms with E-state index in [0.29, 0.717) is 0 Å². The van der Waals surface area contributed by atoms with Crippen LogP contribution in [0.5, 0.6) is 0 Å². The van der Waals surface area contributed by atoms with Gasteiger partial charge in [-0.15, -0.1) is 0 Å². The first-order valence-electron chi connectivity index (χ1n) is 7.93. The van der Waals surface area contributed by atoms with Crippen LogP contribution in [0.2, 0.25) is 0 Å². The number of hydrogen-bond acceptors (Lipinski definition) is 6. The Kier molecular flexibility index (Phi) is 3.33. The van der Waals surface area contributed by atoms with Crippen LogP contribution in [0.4, 0.5) is 5.82 Å². The van der Waals surface area contributed by atoms with Crippen molar-refractivity contribution in [1.82, 2.24) is 20.0 Å². The molecule has 22 heavy (non-hydrogen) atoms. The molecule has 2 aliphatic heterocycles. The molecule has 0 aromatic carbocycles. The number of fused-ring (bicyclic) bond motifs is 1. The van der Waals surface area contributed by atoms with Crippen LogP contribution in [0.15, 0.2) is 16.9 Å². The quantitative estimate of drug-likeness (QED) is 0.846. The van der Waals surface area contributed by atoms with E-state index in [9.17, 15) is 0 Å². The Labute approximate surface area is 130 Å². The fourth-order valence-corrected chi connectivity index (χ4v) is 3.58. The summed E-state index contributed by atoms with van der Waals surface area (Å²) in [6, 6.07) is 2.31. The highest BCUT2D eigenvalue weighted by molar-refractivity contribution is 5.52. The number of hydrogen-bond donors (Lipinski definition) is 0. The summed E-state index contributed by atoms with van der Waals surface area (Å²) >= 11 is 0. The molecule has 116 valence electrons. The number of aryl methyl sites for hydroxylation is 1. The van der Waals surface area contributed by atoms with Crippen LogP contribution in [0.3, 0.4) is 0 Å². The summed E-state index contributed by atoms with van der Waals surface area (Å²) in [6.45, 7) is 4.95. The first kappa shape index (κ1) is 13.7. The van der Waals surface area contributed by atoms with E-state index >= 15 is 0 Å². The molecular formula is C16H21N5O. The molecule has 6 nitrogen and oxygen atoms in total. The first-order valence-corrected chi connectivity index (χ1v) is 7.93. The highest BCUT2D eigenvalue weighted by atomic mass is 16.5. The van der Waals surface area contributed by atoms with Crippen molar-refractivity contribution in [3.05, 3.63) is 35.1 Å². The zero-order chi connectivity index (χ0) is 15.1. The first-order chi connectivity index (χ1) is 10.7. The topological polar surface area (TPSA) is 58.3 Å². The number of likely N-dealkylation sites (N-methyl/N-ethyl adjacent to an activating group) is 1. The third-order valence-electron chi connectivity index (χ3n) is 4.68. The van der Waals surface area contributed by atoms with Gasteiger partial charge in [0, 0.05) is 37.7 Å². The second-order valence-electron chi connectivity index (χ2n) is 6.32. The van der Waals surface area contributed by atoms with Crippen LogP contribution >= 0.6 is 0 Å². The lowest BCUT2D eigenvalue weighted by atomic mass is 10.1. The lowest BCUT2D eigenvalue weighted by Crippen LogP contribution is -2.32. The fourth-order valence-electron chi connectivity index (χ4n) is 3.58. The lowest BCUT2D eigenvalue weighted by Gasteiger charge is -2.31. The molecule has 0 amide bonds. The van der Waals surface area contributed by atoms with Gasteiger partial charge >= 0.3 is 0 Å². The predicted molar refractivity (Wildman–Crippen MR) is 82.6 cm³/mol. The van der Waals surface area contributed by atoms with Gasteiger partial charge in [-0.05, 0) is 26.8 Å². The van der Waals surface area contributed by atoms with E-state index in [2.05, 4.69) is 32.0 Å².